The number of hydrogen-bond acceptors (Lipinski definition) is 8. The standard InChI is InChI=1S/C42H52ClF3N4O4S/c1-27-9-11-28(12-10-27)37(29-13-16-31(43)17-14-29)30-15-18-34-33(23-30)35(48-32-19-21-50(22-20-32)55-42(44,45)46)24-36(49-34)53-41(7,8)26-52-40(5,6)25-47-38(51)54-39(2,3)4/h9-18,23-24,32,37H,19-22,25-26H2,1-8H3,(H,47,51)(H,48,49). The van der Waals surface area contributed by atoms with Crippen LogP contribution >= 0.6 is 23.5 Å². The number of nitrogens with one attached hydrogen (secondary N) is 2. The van der Waals surface area contributed by atoms with Crippen molar-refractivity contribution >= 4 is 46.2 Å². The van der Waals surface area contributed by atoms with Gasteiger partial charge in [-0.05, 0) is 109 Å². The van der Waals surface area contributed by atoms with Gasteiger partial charge in [-0.25, -0.2) is 14.1 Å². The van der Waals surface area contributed by atoms with E-state index >= 15 is 0 Å². The lowest BCUT2D eigenvalue weighted by Gasteiger charge is -2.33. The molecule has 0 bridgehead atoms. The van der Waals surface area contributed by atoms with Crippen molar-refractivity contribution in [1.29, 1.82) is 0 Å². The zero-order valence-corrected chi connectivity index (χ0v) is 34.3. The first kappa shape index (κ1) is 42.4. The van der Waals surface area contributed by atoms with Crippen molar-refractivity contribution < 1.29 is 32.2 Å². The highest BCUT2D eigenvalue weighted by molar-refractivity contribution is 7.97. The summed E-state index contributed by atoms with van der Waals surface area (Å²) in [6.45, 7) is 16.0. The number of fused-ring (bicyclic) bond motifs is 1. The van der Waals surface area contributed by atoms with E-state index in [-0.39, 0.29) is 37.1 Å². The number of pyridine rings is 1. The Morgan fingerprint density at radius 1 is 0.891 bits per heavy atom. The quantitative estimate of drug-likeness (QED) is 0.102. The Balaban J connectivity index is 1.43. The molecule has 1 atom stereocenters. The number of ether oxygens (including phenoxy) is 3. The number of alkyl halides is 3. The molecule has 0 saturated carbocycles. The number of aryl methyl sites for hydroxylation is 1. The summed E-state index contributed by atoms with van der Waals surface area (Å²) in [7, 11) is 0. The van der Waals surface area contributed by atoms with Gasteiger partial charge in [-0.2, -0.15) is 13.2 Å². The molecule has 5 rings (SSSR count). The van der Waals surface area contributed by atoms with Crippen molar-refractivity contribution in [3.05, 3.63) is 100 Å². The second-order valence-electron chi connectivity index (χ2n) is 16.3. The lowest BCUT2D eigenvalue weighted by molar-refractivity contribution is -0.0809. The lowest BCUT2D eigenvalue weighted by Crippen LogP contribution is -2.45. The summed E-state index contributed by atoms with van der Waals surface area (Å²) in [5.41, 5.74) is -0.600. The second-order valence-corrected chi connectivity index (χ2v) is 17.9. The molecule has 0 aliphatic carbocycles. The van der Waals surface area contributed by atoms with E-state index in [1.54, 1.807) is 20.8 Å². The highest BCUT2D eigenvalue weighted by Gasteiger charge is 2.35. The number of rotatable bonds is 13. The van der Waals surface area contributed by atoms with E-state index in [4.69, 9.17) is 30.8 Å². The highest BCUT2D eigenvalue weighted by atomic mass is 35.5. The second kappa shape index (κ2) is 17.2. The molecule has 1 unspecified atom stereocenters. The number of carbonyl (C=O) groups excluding carboxylic acids is 1. The summed E-state index contributed by atoms with van der Waals surface area (Å²) in [5.74, 6) is 0.275. The first-order chi connectivity index (χ1) is 25.6. The number of benzene rings is 3. The molecule has 1 amide bonds. The number of hydrogen-bond donors (Lipinski definition) is 2. The third-order valence-corrected chi connectivity index (χ3v) is 10.1. The molecule has 55 heavy (non-hydrogen) atoms. The van der Waals surface area contributed by atoms with Crippen molar-refractivity contribution in [2.75, 3.05) is 31.6 Å². The van der Waals surface area contributed by atoms with Crippen molar-refractivity contribution in [2.45, 2.75) is 103 Å². The third kappa shape index (κ3) is 12.9. The molecule has 1 aliphatic heterocycles. The fraction of sp³-hybridized carbons (Fsp3) is 0.476. The number of halogens is 4. The SMILES string of the molecule is Cc1ccc(C(c2ccc(Cl)cc2)c2ccc3nc(OC(C)(C)COC(C)(C)CNC(=O)OC(C)(C)C)cc(NC4CCN(SC(F)(F)F)CC4)c3c2)cc1. The van der Waals surface area contributed by atoms with Crippen LogP contribution in [0.5, 0.6) is 5.88 Å². The van der Waals surface area contributed by atoms with Crippen molar-refractivity contribution in [2.24, 2.45) is 0 Å². The van der Waals surface area contributed by atoms with E-state index in [0.717, 1.165) is 33.3 Å². The number of carbonyl (C=O) groups is 1. The molecule has 3 aromatic carbocycles. The number of alkyl carbamates (subject to hydrolysis) is 1. The predicted molar refractivity (Wildman–Crippen MR) is 216 cm³/mol. The number of anilines is 1. The van der Waals surface area contributed by atoms with Gasteiger partial charge >= 0.3 is 11.6 Å². The van der Waals surface area contributed by atoms with Gasteiger partial charge < -0.3 is 24.8 Å². The average Bonchev–Trinajstić information content (AvgIpc) is 3.08. The van der Waals surface area contributed by atoms with E-state index in [9.17, 15) is 18.0 Å². The molecular weight excluding hydrogens is 749 g/mol. The molecule has 13 heteroatoms. The van der Waals surface area contributed by atoms with Crippen LogP contribution < -0.4 is 15.4 Å². The van der Waals surface area contributed by atoms with Crippen LogP contribution in [0, 0.1) is 6.92 Å². The van der Waals surface area contributed by atoms with Crippen LogP contribution in [0.2, 0.25) is 5.02 Å². The fourth-order valence-corrected chi connectivity index (χ4v) is 7.16. The predicted octanol–water partition coefficient (Wildman–Crippen LogP) is 10.9. The Morgan fingerprint density at radius 3 is 2.09 bits per heavy atom. The van der Waals surface area contributed by atoms with E-state index in [2.05, 4.69) is 54.0 Å². The summed E-state index contributed by atoms with van der Waals surface area (Å²) in [4.78, 5) is 17.2. The minimum Gasteiger partial charge on any atom is -0.469 e. The van der Waals surface area contributed by atoms with Crippen LogP contribution in [0.1, 0.15) is 89.5 Å². The molecule has 2 N–H and O–H groups in total. The molecule has 298 valence electrons. The van der Waals surface area contributed by atoms with Crippen molar-refractivity contribution in [3.63, 3.8) is 0 Å². The van der Waals surface area contributed by atoms with Gasteiger partial charge in [-0.15, -0.1) is 0 Å². The monoisotopic (exact) mass is 800 g/mol. The number of nitrogens with zero attached hydrogens (tertiary/aromatic N) is 2. The molecule has 4 aromatic rings. The fourth-order valence-electron chi connectivity index (χ4n) is 6.35. The highest BCUT2D eigenvalue weighted by Crippen LogP contribution is 2.39. The smallest absolute Gasteiger partial charge is 0.456 e. The van der Waals surface area contributed by atoms with Gasteiger partial charge in [0.05, 0.1) is 17.7 Å². The average molecular weight is 801 g/mol. The van der Waals surface area contributed by atoms with Gasteiger partial charge in [-0.1, -0.05) is 59.6 Å². The summed E-state index contributed by atoms with van der Waals surface area (Å²) in [6, 6.07) is 24.3. The van der Waals surface area contributed by atoms with Crippen LogP contribution in [0.15, 0.2) is 72.8 Å². The van der Waals surface area contributed by atoms with Crippen LogP contribution in [-0.2, 0) is 9.47 Å². The zero-order chi connectivity index (χ0) is 40.2. The summed E-state index contributed by atoms with van der Waals surface area (Å²) in [5, 5.41) is 7.95. The molecule has 1 aromatic heterocycles. The minimum atomic E-state index is -4.32. The van der Waals surface area contributed by atoms with Crippen LogP contribution in [0.3, 0.4) is 0 Å². The van der Waals surface area contributed by atoms with E-state index in [0.29, 0.717) is 42.4 Å². The Bertz CT molecular complexity index is 1860. The Hall–Kier alpha value is -3.71. The molecule has 1 saturated heterocycles. The van der Waals surface area contributed by atoms with Crippen LogP contribution in [-0.4, -0.2) is 70.0 Å². The van der Waals surface area contributed by atoms with E-state index < -0.39 is 28.4 Å². The molecule has 2 heterocycles. The maximum atomic E-state index is 13.1. The van der Waals surface area contributed by atoms with E-state index in [1.807, 2.05) is 64.1 Å². The summed E-state index contributed by atoms with van der Waals surface area (Å²) >= 11 is 6.23. The Labute approximate surface area is 332 Å². The third-order valence-electron chi connectivity index (χ3n) is 9.05. The topological polar surface area (TPSA) is 85.0 Å². The molecule has 1 aliphatic rings. The van der Waals surface area contributed by atoms with Gasteiger partial charge in [0.25, 0.3) is 0 Å². The maximum absolute atomic E-state index is 13.1. The van der Waals surface area contributed by atoms with Crippen LogP contribution in [0.25, 0.3) is 10.9 Å². The van der Waals surface area contributed by atoms with Crippen LogP contribution in [0.4, 0.5) is 23.7 Å². The van der Waals surface area contributed by atoms with E-state index in [1.165, 1.54) is 4.31 Å². The summed E-state index contributed by atoms with van der Waals surface area (Å²) in [6.07, 6.45) is 0.544. The molecule has 8 nitrogen and oxygen atoms in total. The zero-order valence-electron chi connectivity index (χ0n) is 32.8. The largest absolute Gasteiger partial charge is 0.469 e. The summed E-state index contributed by atoms with van der Waals surface area (Å²) < 4.78 is 58.8. The normalized spacial score (nSPS) is 15.5. The van der Waals surface area contributed by atoms with Gasteiger partial charge in [-0.3, -0.25) is 0 Å². The van der Waals surface area contributed by atoms with Gasteiger partial charge in [0.1, 0.15) is 11.2 Å². The van der Waals surface area contributed by atoms with Crippen molar-refractivity contribution in [1.82, 2.24) is 14.6 Å². The lowest BCUT2D eigenvalue weighted by atomic mass is 9.84. The number of piperidine rings is 1. The number of aromatic nitrogens is 1. The van der Waals surface area contributed by atoms with Gasteiger partial charge in [0, 0.05) is 65.7 Å². The molecule has 1 fully saturated rings. The molecule has 0 radical (unpaired) electrons. The maximum Gasteiger partial charge on any atom is 0.456 e. The Morgan fingerprint density at radius 2 is 1.49 bits per heavy atom. The van der Waals surface area contributed by atoms with Crippen molar-refractivity contribution in [3.8, 4) is 5.88 Å². The van der Waals surface area contributed by atoms with Gasteiger partial charge in [0.15, 0.2) is 0 Å². The first-order valence-electron chi connectivity index (χ1n) is 18.5. The van der Waals surface area contributed by atoms with Gasteiger partial charge in [0.2, 0.25) is 5.88 Å². The number of amides is 1. The molecular formula is C42H52ClF3N4O4S. The first-order valence-corrected chi connectivity index (χ1v) is 19.6. The Kier molecular flexibility index (Phi) is 13.3. The minimum absolute atomic E-state index is 0.0589. The molecule has 0 spiro atoms.